The standard InChI is InChI=1S/C11H10F3N3O4S/c12-11(13,14)6-3-8(16(18)19)10(9(4-6)17(20)21)15-7-1-2-22-5-7/h3-4,7,15H,1-2,5H2. The van der Waals surface area contributed by atoms with Gasteiger partial charge in [0.05, 0.1) is 15.4 Å². The zero-order valence-corrected chi connectivity index (χ0v) is 11.7. The van der Waals surface area contributed by atoms with Gasteiger partial charge in [-0.05, 0) is 12.2 Å². The first-order valence-electron chi connectivity index (χ1n) is 6.08. The third-order valence-corrected chi connectivity index (χ3v) is 4.26. The van der Waals surface area contributed by atoms with E-state index in [0.717, 1.165) is 5.75 Å². The molecule has 0 amide bonds. The summed E-state index contributed by atoms with van der Waals surface area (Å²) in [6, 6.07) is 0.383. The Morgan fingerprint density at radius 3 is 2.09 bits per heavy atom. The summed E-state index contributed by atoms with van der Waals surface area (Å²) >= 11 is 1.56. The Hall–Kier alpha value is -2.04. The SMILES string of the molecule is O=[N+]([O-])c1cc(C(F)(F)F)cc([N+](=O)[O-])c1NC1CCSC1. The van der Waals surface area contributed by atoms with E-state index in [1.807, 2.05) is 0 Å². The summed E-state index contributed by atoms with van der Waals surface area (Å²) in [5, 5.41) is 24.7. The molecule has 1 unspecified atom stereocenters. The van der Waals surface area contributed by atoms with Gasteiger partial charge in [0, 0.05) is 23.9 Å². The summed E-state index contributed by atoms with van der Waals surface area (Å²) in [4.78, 5) is 19.9. The third-order valence-electron chi connectivity index (χ3n) is 3.10. The van der Waals surface area contributed by atoms with Crippen molar-refractivity contribution in [1.29, 1.82) is 0 Å². The molecule has 1 heterocycles. The van der Waals surface area contributed by atoms with E-state index >= 15 is 0 Å². The fourth-order valence-corrected chi connectivity index (χ4v) is 3.22. The number of rotatable bonds is 4. The average Bonchev–Trinajstić information content (AvgIpc) is 2.89. The van der Waals surface area contributed by atoms with E-state index in [2.05, 4.69) is 5.32 Å². The Labute approximate surface area is 126 Å². The number of nitrogens with one attached hydrogen (secondary N) is 1. The lowest BCUT2D eigenvalue weighted by Crippen LogP contribution is -2.20. The van der Waals surface area contributed by atoms with Gasteiger partial charge in [0.2, 0.25) is 0 Å². The van der Waals surface area contributed by atoms with Crippen LogP contribution in [0.25, 0.3) is 0 Å². The third kappa shape index (κ3) is 3.40. The van der Waals surface area contributed by atoms with Crippen LogP contribution in [-0.4, -0.2) is 27.4 Å². The lowest BCUT2D eigenvalue weighted by molar-refractivity contribution is -0.392. The van der Waals surface area contributed by atoms with E-state index in [4.69, 9.17) is 0 Å². The summed E-state index contributed by atoms with van der Waals surface area (Å²) in [5.41, 5.74) is -3.79. The molecule has 11 heteroatoms. The number of alkyl halides is 3. The smallest absolute Gasteiger partial charge is 0.370 e. The zero-order valence-electron chi connectivity index (χ0n) is 10.9. The molecule has 7 nitrogen and oxygen atoms in total. The van der Waals surface area contributed by atoms with E-state index in [0.29, 0.717) is 24.3 Å². The number of thioether (sulfide) groups is 1. The average molecular weight is 337 g/mol. The molecule has 22 heavy (non-hydrogen) atoms. The number of benzene rings is 1. The number of nitrogens with zero attached hydrogens (tertiary/aromatic N) is 2. The second-order valence-corrected chi connectivity index (χ2v) is 5.76. The minimum absolute atomic E-state index is 0.251. The molecule has 1 saturated heterocycles. The van der Waals surface area contributed by atoms with Crippen LogP contribution in [0.1, 0.15) is 12.0 Å². The maximum atomic E-state index is 12.7. The van der Waals surface area contributed by atoms with Gasteiger partial charge in [-0.2, -0.15) is 24.9 Å². The zero-order chi connectivity index (χ0) is 16.5. The Morgan fingerprint density at radius 2 is 1.73 bits per heavy atom. The predicted molar refractivity (Wildman–Crippen MR) is 74.1 cm³/mol. The van der Waals surface area contributed by atoms with Gasteiger partial charge in [-0.3, -0.25) is 20.2 Å². The summed E-state index contributed by atoms with van der Waals surface area (Å²) in [7, 11) is 0. The second kappa shape index (κ2) is 5.99. The number of halogens is 3. The number of nitro benzene ring substituents is 2. The molecule has 1 aliphatic heterocycles. The number of anilines is 1. The maximum absolute atomic E-state index is 12.7. The van der Waals surface area contributed by atoms with Crippen molar-refractivity contribution >= 4 is 28.8 Å². The molecule has 0 spiro atoms. The van der Waals surface area contributed by atoms with Crippen LogP contribution in [0.5, 0.6) is 0 Å². The second-order valence-electron chi connectivity index (χ2n) is 4.61. The normalized spacial score (nSPS) is 18.2. The number of hydrogen-bond acceptors (Lipinski definition) is 6. The Kier molecular flexibility index (Phi) is 4.44. The topological polar surface area (TPSA) is 98.3 Å². The molecule has 1 fully saturated rings. The van der Waals surface area contributed by atoms with Gasteiger partial charge in [0.25, 0.3) is 11.4 Å². The Balaban J connectivity index is 2.57. The van der Waals surface area contributed by atoms with Gasteiger partial charge in [0.1, 0.15) is 0 Å². The lowest BCUT2D eigenvalue weighted by atomic mass is 10.1. The fraction of sp³-hybridized carbons (Fsp3) is 0.455. The first-order valence-corrected chi connectivity index (χ1v) is 7.24. The van der Waals surface area contributed by atoms with Crippen LogP contribution < -0.4 is 5.32 Å². The quantitative estimate of drug-likeness (QED) is 0.667. The van der Waals surface area contributed by atoms with Gasteiger partial charge in [-0.15, -0.1) is 0 Å². The molecule has 1 aromatic rings. The van der Waals surface area contributed by atoms with Crippen molar-refractivity contribution in [2.75, 3.05) is 16.8 Å². The number of nitro groups is 2. The first kappa shape index (κ1) is 16.3. The highest BCUT2D eigenvalue weighted by molar-refractivity contribution is 7.99. The molecular weight excluding hydrogens is 327 g/mol. The molecular formula is C11H10F3N3O4S. The van der Waals surface area contributed by atoms with Gasteiger partial charge in [-0.25, -0.2) is 0 Å². The lowest BCUT2D eigenvalue weighted by Gasteiger charge is -2.15. The van der Waals surface area contributed by atoms with Crippen molar-refractivity contribution in [2.24, 2.45) is 0 Å². The minimum Gasteiger partial charge on any atom is -0.370 e. The van der Waals surface area contributed by atoms with Crippen LogP contribution in [0.15, 0.2) is 12.1 Å². The van der Waals surface area contributed by atoms with E-state index in [1.165, 1.54) is 0 Å². The van der Waals surface area contributed by atoms with Crippen molar-refractivity contribution in [1.82, 2.24) is 0 Å². The van der Waals surface area contributed by atoms with Crippen molar-refractivity contribution in [3.63, 3.8) is 0 Å². The summed E-state index contributed by atoms with van der Waals surface area (Å²) in [5.74, 6) is 1.36. The molecule has 0 bridgehead atoms. The van der Waals surface area contributed by atoms with Crippen molar-refractivity contribution in [3.8, 4) is 0 Å². The molecule has 2 rings (SSSR count). The largest absolute Gasteiger partial charge is 0.416 e. The highest BCUT2D eigenvalue weighted by atomic mass is 32.2. The molecule has 1 N–H and O–H groups in total. The molecule has 0 saturated carbocycles. The molecule has 1 atom stereocenters. The monoisotopic (exact) mass is 337 g/mol. The van der Waals surface area contributed by atoms with E-state index in [-0.39, 0.29) is 6.04 Å². The molecule has 0 aliphatic carbocycles. The van der Waals surface area contributed by atoms with Crippen LogP contribution in [0.4, 0.5) is 30.2 Å². The first-order chi connectivity index (χ1) is 10.2. The molecule has 1 aliphatic rings. The summed E-state index contributed by atoms with van der Waals surface area (Å²) < 4.78 is 38.2. The van der Waals surface area contributed by atoms with Crippen LogP contribution in [-0.2, 0) is 6.18 Å². The van der Waals surface area contributed by atoms with Crippen LogP contribution in [0.2, 0.25) is 0 Å². The molecule has 1 aromatic carbocycles. The molecule has 120 valence electrons. The van der Waals surface area contributed by atoms with Crippen molar-refractivity contribution in [3.05, 3.63) is 37.9 Å². The van der Waals surface area contributed by atoms with Gasteiger partial charge >= 0.3 is 6.18 Å². The Morgan fingerprint density at radius 1 is 1.18 bits per heavy atom. The molecule has 0 aromatic heterocycles. The van der Waals surface area contributed by atoms with Gasteiger partial charge in [0.15, 0.2) is 5.69 Å². The van der Waals surface area contributed by atoms with Crippen LogP contribution in [0.3, 0.4) is 0 Å². The highest BCUT2D eigenvalue weighted by Gasteiger charge is 2.38. The highest BCUT2D eigenvalue weighted by Crippen LogP contribution is 2.42. The van der Waals surface area contributed by atoms with E-state index < -0.39 is 38.6 Å². The Bertz CT molecular complexity index is 582. The minimum atomic E-state index is -4.91. The summed E-state index contributed by atoms with van der Waals surface area (Å²) in [6.07, 6.45) is -4.28. The van der Waals surface area contributed by atoms with Crippen molar-refractivity contribution in [2.45, 2.75) is 18.6 Å². The van der Waals surface area contributed by atoms with E-state index in [9.17, 15) is 33.4 Å². The van der Waals surface area contributed by atoms with Gasteiger partial charge in [-0.1, -0.05) is 0 Å². The summed E-state index contributed by atoms with van der Waals surface area (Å²) in [6.45, 7) is 0. The van der Waals surface area contributed by atoms with Crippen molar-refractivity contribution < 1.29 is 23.0 Å². The van der Waals surface area contributed by atoms with Crippen LogP contribution >= 0.6 is 11.8 Å². The number of hydrogen-bond donors (Lipinski definition) is 1. The predicted octanol–water partition coefficient (Wildman–Crippen LogP) is 3.44. The maximum Gasteiger partial charge on any atom is 0.416 e. The fourth-order valence-electron chi connectivity index (χ4n) is 2.06. The van der Waals surface area contributed by atoms with E-state index in [1.54, 1.807) is 11.8 Å². The van der Waals surface area contributed by atoms with Crippen LogP contribution in [0, 0.1) is 20.2 Å². The molecule has 0 radical (unpaired) electrons. The van der Waals surface area contributed by atoms with Gasteiger partial charge < -0.3 is 5.32 Å².